The number of benzene rings is 3. The summed E-state index contributed by atoms with van der Waals surface area (Å²) in [7, 11) is 3.98. The molecule has 1 aromatic heterocycles. The highest BCUT2D eigenvalue weighted by atomic mass is 35.5. The largest absolute Gasteiger partial charge is 0.351 e. The molecule has 0 fully saturated rings. The van der Waals surface area contributed by atoms with Gasteiger partial charge in [-0.25, -0.2) is 4.98 Å². The van der Waals surface area contributed by atoms with Crippen LogP contribution in [0.25, 0.3) is 33.6 Å². The van der Waals surface area contributed by atoms with Gasteiger partial charge in [-0.3, -0.25) is 4.79 Å². The first-order chi connectivity index (χ1) is 16.0. The van der Waals surface area contributed by atoms with Crippen molar-refractivity contribution in [2.75, 3.05) is 27.2 Å². The molecule has 1 N–H and O–H groups in total. The fraction of sp³-hybridized carbons (Fsp3) is 0.172. The van der Waals surface area contributed by atoms with E-state index in [1.807, 2.05) is 61.5 Å². The van der Waals surface area contributed by atoms with Crippen LogP contribution in [0.2, 0.25) is 0 Å². The third kappa shape index (κ3) is 7.40. The lowest BCUT2D eigenvalue weighted by molar-refractivity contribution is 0.0951. The quantitative estimate of drug-likeness (QED) is 0.309. The number of halogens is 2. The van der Waals surface area contributed by atoms with Crippen LogP contribution in [0.1, 0.15) is 15.9 Å². The molecule has 0 spiro atoms. The number of amides is 1. The average Bonchev–Trinajstić information content (AvgIpc) is 2.84. The molecule has 0 radical (unpaired) electrons. The van der Waals surface area contributed by atoms with E-state index >= 15 is 0 Å². The van der Waals surface area contributed by atoms with Gasteiger partial charge >= 0.3 is 0 Å². The summed E-state index contributed by atoms with van der Waals surface area (Å²) in [6.45, 7) is 3.52. The van der Waals surface area contributed by atoms with Crippen LogP contribution in [0.15, 0.2) is 91.0 Å². The van der Waals surface area contributed by atoms with Crippen LogP contribution in [0.5, 0.6) is 0 Å². The zero-order valence-corrected chi connectivity index (χ0v) is 21.8. The molecular weight excluding hydrogens is 477 g/mol. The molecule has 35 heavy (non-hydrogen) atoms. The van der Waals surface area contributed by atoms with Gasteiger partial charge in [0.1, 0.15) is 0 Å². The zero-order valence-electron chi connectivity index (χ0n) is 20.2. The molecule has 0 aliphatic carbocycles. The lowest BCUT2D eigenvalue weighted by atomic mass is 9.99. The molecule has 1 amide bonds. The van der Waals surface area contributed by atoms with Crippen molar-refractivity contribution in [3.63, 3.8) is 0 Å². The van der Waals surface area contributed by atoms with Gasteiger partial charge in [-0.15, -0.1) is 24.8 Å². The summed E-state index contributed by atoms with van der Waals surface area (Å²) < 4.78 is 0. The Balaban J connectivity index is 0.00000216. The number of carbonyl (C=O) groups is 1. The van der Waals surface area contributed by atoms with Crippen LogP contribution in [-0.2, 0) is 0 Å². The summed E-state index contributed by atoms with van der Waals surface area (Å²) >= 11 is 0. The first kappa shape index (κ1) is 28.1. The molecule has 0 saturated heterocycles. The first-order valence-corrected chi connectivity index (χ1v) is 11.2. The van der Waals surface area contributed by atoms with Crippen molar-refractivity contribution in [3.05, 3.63) is 102 Å². The lowest BCUT2D eigenvalue weighted by Crippen LogP contribution is -2.31. The number of nitrogens with one attached hydrogen (secondary N) is 1. The maximum Gasteiger partial charge on any atom is 0.251 e. The maximum absolute atomic E-state index is 12.4. The summed E-state index contributed by atoms with van der Waals surface area (Å²) in [6, 6.07) is 30.7. The molecule has 0 atom stereocenters. The van der Waals surface area contributed by atoms with Crippen LogP contribution in [0.4, 0.5) is 0 Å². The molecule has 3 aromatic carbocycles. The number of rotatable bonds is 7. The number of hydrogen-bond acceptors (Lipinski definition) is 3. The van der Waals surface area contributed by atoms with E-state index in [4.69, 9.17) is 4.98 Å². The Morgan fingerprint density at radius 1 is 0.743 bits per heavy atom. The summed E-state index contributed by atoms with van der Waals surface area (Å²) in [5, 5.41) is 2.96. The van der Waals surface area contributed by atoms with Crippen molar-refractivity contribution >= 4 is 30.7 Å². The van der Waals surface area contributed by atoms with Gasteiger partial charge in [0.25, 0.3) is 5.91 Å². The van der Waals surface area contributed by atoms with Crippen molar-refractivity contribution < 1.29 is 4.79 Å². The number of hydrogen-bond donors (Lipinski definition) is 1. The highest BCUT2D eigenvalue weighted by Gasteiger charge is 2.10. The number of likely N-dealkylation sites (N-methyl/N-ethyl adjacent to an activating group) is 1. The van der Waals surface area contributed by atoms with Crippen LogP contribution in [0.3, 0.4) is 0 Å². The number of aromatic nitrogens is 1. The van der Waals surface area contributed by atoms with Crippen molar-refractivity contribution in [1.82, 2.24) is 15.2 Å². The predicted octanol–water partition coefficient (Wildman–Crippen LogP) is 6.53. The number of aryl methyl sites for hydroxylation is 1. The fourth-order valence-electron chi connectivity index (χ4n) is 3.64. The van der Waals surface area contributed by atoms with Gasteiger partial charge in [0, 0.05) is 29.8 Å². The molecule has 0 aliphatic rings. The molecular formula is C29H31Cl2N3O. The van der Waals surface area contributed by atoms with Crippen molar-refractivity contribution in [1.29, 1.82) is 0 Å². The van der Waals surface area contributed by atoms with E-state index in [2.05, 4.69) is 60.8 Å². The van der Waals surface area contributed by atoms with Crippen LogP contribution < -0.4 is 5.32 Å². The number of pyridine rings is 1. The summed E-state index contributed by atoms with van der Waals surface area (Å²) in [5.41, 5.74) is 8.00. The van der Waals surface area contributed by atoms with E-state index in [9.17, 15) is 4.79 Å². The van der Waals surface area contributed by atoms with E-state index in [0.717, 1.165) is 40.2 Å². The second kappa shape index (κ2) is 13.1. The van der Waals surface area contributed by atoms with Crippen LogP contribution >= 0.6 is 24.8 Å². The summed E-state index contributed by atoms with van der Waals surface area (Å²) in [4.78, 5) is 19.4. The first-order valence-electron chi connectivity index (χ1n) is 11.2. The zero-order chi connectivity index (χ0) is 23.2. The van der Waals surface area contributed by atoms with Crippen molar-refractivity contribution in [3.8, 4) is 33.6 Å². The Labute approximate surface area is 220 Å². The third-order valence-corrected chi connectivity index (χ3v) is 5.57. The standard InChI is InChI=1S/C29H29N3O.2ClH/c1-21-9-11-22(12-10-21)26-19-27(23-7-5-4-6-8-23)31-28(20-26)24-13-15-25(16-14-24)29(33)30-17-18-32(2)3;;/h4-16,19-20H,17-18H2,1-3H3,(H,30,33);2*1H. The predicted molar refractivity (Wildman–Crippen MR) is 151 cm³/mol. The molecule has 1 heterocycles. The Bertz CT molecular complexity index is 1230. The van der Waals surface area contributed by atoms with Gasteiger partial charge in [-0.2, -0.15) is 0 Å². The van der Waals surface area contributed by atoms with Crippen LogP contribution in [0, 0.1) is 6.92 Å². The molecule has 0 aliphatic heterocycles. The summed E-state index contributed by atoms with van der Waals surface area (Å²) in [5.74, 6) is -0.0604. The van der Waals surface area contributed by atoms with E-state index in [1.54, 1.807) is 0 Å². The van der Waals surface area contributed by atoms with E-state index in [-0.39, 0.29) is 30.7 Å². The Morgan fingerprint density at radius 2 is 1.29 bits per heavy atom. The highest BCUT2D eigenvalue weighted by molar-refractivity contribution is 5.94. The smallest absolute Gasteiger partial charge is 0.251 e. The molecule has 4 rings (SSSR count). The second-order valence-corrected chi connectivity index (χ2v) is 8.49. The minimum absolute atomic E-state index is 0. The normalized spacial score (nSPS) is 10.3. The minimum atomic E-state index is -0.0604. The van der Waals surface area contributed by atoms with E-state index in [0.29, 0.717) is 12.1 Å². The van der Waals surface area contributed by atoms with Crippen LogP contribution in [-0.4, -0.2) is 43.0 Å². The second-order valence-electron chi connectivity index (χ2n) is 8.49. The molecule has 0 saturated carbocycles. The Hall–Kier alpha value is -3.18. The minimum Gasteiger partial charge on any atom is -0.351 e. The van der Waals surface area contributed by atoms with Gasteiger partial charge < -0.3 is 10.2 Å². The highest BCUT2D eigenvalue weighted by Crippen LogP contribution is 2.30. The molecule has 6 heteroatoms. The maximum atomic E-state index is 12.4. The molecule has 4 aromatic rings. The van der Waals surface area contributed by atoms with E-state index in [1.165, 1.54) is 5.56 Å². The Morgan fingerprint density at radius 3 is 1.86 bits per heavy atom. The van der Waals surface area contributed by atoms with Gasteiger partial charge in [-0.1, -0.05) is 72.3 Å². The Kier molecular flexibility index (Phi) is 10.5. The third-order valence-electron chi connectivity index (χ3n) is 5.57. The molecule has 0 unspecified atom stereocenters. The van der Waals surface area contributed by atoms with E-state index < -0.39 is 0 Å². The SMILES string of the molecule is Cc1ccc(-c2cc(-c3ccccc3)nc(-c3ccc(C(=O)NCCN(C)C)cc3)c2)cc1.Cl.Cl. The van der Waals surface area contributed by atoms with Gasteiger partial charge in [0.15, 0.2) is 0 Å². The lowest BCUT2D eigenvalue weighted by Gasteiger charge is -2.12. The van der Waals surface area contributed by atoms with Crippen molar-refractivity contribution in [2.45, 2.75) is 6.92 Å². The molecule has 4 nitrogen and oxygen atoms in total. The number of carbonyl (C=O) groups excluding carboxylic acids is 1. The number of nitrogens with zero attached hydrogens (tertiary/aromatic N) is 2. The van der Waals surface area contributed by atoms with Gasteiger partial charge in [0.05, 0.1) is 11.4 Å². The monoisotopic (exact) mass is 507 g/mol. The molecule has 0 bridgehead atoms. The summed E-state index contributed by atoms with van der Waals surface area (Å²) in [6.07, 6.45) is 0. The average molecular weight is 508 g/mol. The van der Waals surface area contributed by atoms with Crippen molar-refractivity contribution in [2.24, 2.45) is 0 Å². The fourth-order valence-corrected chi connectivity index (χ4v) is 3.64. The molecule has 182 valence electrons. The van der Waals surface area contributed by atoms with Gasteiger partial charge in [-0.05, 0) is 56.4 Å². The topological polar surface area (TPSA) is 45.2 Å². The van der Waals surface area contributed by atoms with Gasteiger partial charge in [0.2, 0.25) is 0 Å².